The second-order valence-corrected chi connectivity index (χ2v) is 6.62. The molecule has 1 atom stereocenters. The van der Waals surface area contributed by atoms with E-state index in [4.69, 9.17) is 17.5 Å². The van der Waals surface area contributed by atoms with Gasteiger partial charge in [0.1, 0.15) is 0 Å². The molecule has 0 radical (unpaired) electrons. The van der Waals surface area contributed by atoms with Crippen LogP contribution in [0.4, 0.5) is 5.69 Å². The number of hydrogen-bond donors (Lipinski definition) is 1. The van der Waals surface area contributed by atoms with E-state index < -0.39 is 0 Å². The van der Waals surface area contributed by atoms with Crippen LogP contribution in [-0.2, 0) is 0 Å². The first-order valence-electron chi connectivity index (χ1n) is 8.52. The molecule has 0 spiro atoms. The first-order chi connectivity index (χ1) is 12.2. The molecule has 2 aromatic rings. The molecule has 0 saturated carbocycles. The Morgan fingerprint density at radius 1 is 1.08 bits per heavy atom. The van der Waals surface area contributed by atoms with Gasteiger partial charge in [0.2, 0.25) is 0 Å². The fraction of sp³-hybridized carbons (Fsp3) is 0.300. The van der Waals surface area contributed by atoms with Crippen molar-refractivity contribution in [2.45, 2.75) is 13.0 Å². The van der Waals surface area contributed by atoms with Gasteiger partial charge in [0.25, 0.3) is 0 Å². The first-order valence-corrected chi connectivity index (χ1v) is 8.93. The van der Waals surface area contributed by atoms with Crippen molar-refractivity contribution >= 4 is 23.0 Å². The average molecular weight is 350 g/mol. The van der Waals surface area contributed by atoms with E-state index in [9.17, 15) is 0 Å². The first kappa shape index (κ1) is 17.4. The summed E-state index contributed by atoms with van der Waals surface area (Å²) in [5.41, 5.74) is 2.85. The van der Waals surface area contributed by atoms with Crippen molar-refractivity contribution in [3.8, 4) is 6.07 Å². The molecule has 3 rings (SSSR count). The van der Waals surface area contributed by atoms with Crippen molar-refractivity contribution in [1.82, 2.24) is 9.80 Å². The summed E-state index contributed by atoms with van der Waals surface area (Å²) in [7, 11) is 0. The third kappa shape index (κ3) is 4.36. The van der Waals surface area contributed by atoms with Crippen LogP contribution in [0.3, 0.4) is 0 Å². The molecule has 4 nitrogen and oxygen atoms in total. The zero-order chi connectivity index (χ0) is 17.6. The van der Waals surface area contributed by atoms with Gasteiger partial charge in [-0.1, -0.05) is 36.4 Å². The molecule has 128 valence electrons. The fourth-order valence-electron chi connectivity index (χ4n) is 3.12. The molecule has 25 heavy (non-hydrogen) atoms. The Labute approximate surface area is 154 Å². The normalized spacial score (nSPS) is 16.1. The van der Waals surface area contributed by atoms with E-state index in [0.29, 0.717) is 11.6 Å². The second-order valence-electron chi connectivity index (χ2n) is 6.23. The average Bonchev–Trinajstić information content (AvgIpc) is 2.68. The molecule has 1 aliphatic rings. The van der Waals surface area contributed by atoms with E-state index in [2.05, 4.69) is 58.4 Å². The highest BCUT2D eigenvalue weighted by molar-refractivity contribution is 7.80. The quantitative estimate of drug-likeness (QED) is 0.856. The van der Waals surface area contributed by atoms with Gasteiger partial charge in [0.05, 0.1) is 11.6 Å². The largest absolute Gasteiger partial charge is 0.346 e. The molecule has 1 aliphatic heterocycles. The summed E-state index contributed by atoms with van der Waals surface area (Å²) < 4.78 is 0. The van der Waals surface area contributed by atoms with Gasteiger partial charge in [-0.15, -0.1) is 0 Å². The summed E-state index contributed by atoms with van der Waals surface area (Å²) in [5.74, 6) is 0. The fourth-order valence-corrected chi connectivity index (χ4v) is 3.42. The lowest BCUT2D eigenvalue weighted by atomic mass is 10.1. The Balaban J connectivity index is 1.55. The minimum Gasteiger partial charge on any atom is -0.346 e. The van der Waals surface area contributed by atoms with Crippen molar-refractivity contribution in [3.05, 3.63) is 65.7 Å². The van der Waals surface area contributed by atoms with Crippen molar-refractivity contribution in [2.75, 3.05) is 31.5 Å². The van der Waals surface area contributed by atoms with Crippen LogP contribution in [0.1, 0.15) is 24.1 Å². The van der Waals surface area contributed by atoms with Crippen LogP contribution in [0.5, 0.6) is 0 Å². The highest BCUT2D eigenvalue weighted by atomic mass is 32.1. The van der Waals surface area contributed by atoms with Gasteiger partial charge in [-0.25, -0.2) is 0 Å². The maximum Gasteiger partial charge on any atom is 0.173 e. The van der Waals surface area contributed by atoms with Gasteiger partial charge < -0.3 is 10.2 Å². The molecule has 1 N–H and O–H groups in total. The summed E-state index contributed by atoms with van der Waals surface area (Å²) >= 11 is 5.55. The molecule has 0 aliphatic carbocycles. The van der Waals surface area contributed by atoms with Gasteiger partial charge in [-0.3, -0.25) is 4.90 Å². The molecule has 1 heterocycles. The van der Waals surface area contributed by atoms with Crippen molar-refractivity contribution in [2.24, 2.45) is 0 Å². The summed E-state index contributed by atoms with van der Waals surface area (Å²) in [5, 5.41) is 13.0. The lowest BCUT2D eigenvalue weighted by Gasteiger charge is -2.39. The molecule has 0 aromatic heterocycles. The summed E-state index contributed by atoms with van der Waals surface area (Å²) in [6.07, 6.45) is 0. The topological polar surface area (TPSA) is 42.3 Å². The lowest BCUT2D eigenvalue weighted by Crippen LogP contribution is -2.50. The highest BCUT2D eigenvalue weighted by Crippen LogP contribution is 2.21. The zero-order valence-corrected chi connectivity index (χ0v) is 15.2. The van der Waals surface area contributed by atoms with Crippen molar-refractivity contribution in [1.29, 1.82) is 5.26 Å². The number of nitrogens with zero attached hydrogens (tertiary/aromatic N) is 3. The molecule has 0 bridgehead atoms. The number of benzene rings is 2. The summed E-state index contributed by atoms with van der Waals surface area (Å²) in [6.45, 7) is 6.03. The number of nitrogens with one attached hydrogen (secondary N) is 1. The minimum absolute atomic E-state index is 0.414. The van der Waals surface area contributed by atoms with E-state index in [-0.39, 0.29) is 0 Å². The molecular weight excluding hydrogens is 328 g/mol. The van der Waals surface area contributed by atoms with Crippen LogP contribution in [0.25, 0.3) is 0 Å². The van der Waals surface area contributed by atoms with Gasteiger partial charge >= 0.3 is 0 Å². The molecular formula is C20H22N4S. The SMILES string of the molecule is CC(c1ccccc1)N1CCN(C(=S)Nc2cccc(C#N)c2)CC1. The molecule has 1 saturated heterocycles. The molecule has 1 fully saturated rings. The number of rotatable bonds is 3. The highest BCUT2D eigenvalue weighted by Gasteiger charge is 2.23. The van der Waals surface area contributed by atoms with E-state index in [1.165, 1.54) is 5.56 Å². The monoisotopic (exact) mass is 350 g/mol. The molecule has 0 amide bonds. The minimum atomic E-state index is 0.414. The Hall–Kier alpha value is -2.42. The lowest BCUT2D eigenvalue weighted by molar-refractivity contribution is 0.142. The zero-order valence-electron chi connectivity index (χ0n) is 14.4. The van der Waals surface area contributed by atoms with Gasteiger partial charge in [0, 0.05) is 37.9 Å². The van der Waals surface area contributed by atoms with Gasteiger partial charge in [-0.05, 0) is 42.9 Å². The van der Waals surface area contributed by atoms with Crippen LogP contribution in [-0.4, -0.2) is 41.1 Å². The standard InChI is InChI=1S/C20H22N4S/c1-16(18-7-3-2-4-8-18)23-10-12-24(13-11-23)20(25)22-19-9-5-6-17(14-19)15-21/h2-9,14,16H,10-13H2,1H3,(H,22,25). The van der Waals surface area contributed by atoms with E-state index in [0.717, 1.165) is 37.0 Å². The summed E-state index contributed by atoms with van der Waals surface area (Å²) in [4.78, 5) is 4.69. The number of nitriles is 1. The Morgan fingerprint density at radius 3 is 2.48 bits per heavy atom. The number of hydrogen-bond acceptors (Lipinski definition) is 3. The molecule has 1 unspecified atom stereocenters. The van der Waals surface area contributed by atoms with E-state index in [1.807, 2.05) is 18.2 Å². The van der Waals surface area contributed by atoms with E-state index >= 15 is 0 Å². The van der Waals surface area contributed by atoms with Crippen LogP contribution < -0.4 is 5.32 Å². The van der Waals surface area contributed by atoms with Crippen LogP contribution in [0.2, 0.25) is 0 Å². The van der Waals surface area contributed by atoms with Crippen LogP contribution >= 0.6 is 12.2 Å². The smallest absolute Gasteiger partial charge is 0.173 e. The molecule has 5 heteroatoms. The van der Waals surface area contributed by atoms with E-state index in [1.54, 1.807) is 6.07 Å². The van der Waals surface area contributed by atoms with Crippen LogP contribution in [0.15, 0.2) is 54.6 Å². The predicted molar refractivity (Wildman–Crippen MR) is 105 cm³/mol. The number of piperazine rings is 1. The third-order valence-electron chi connectivity index (χ3n) is 4.67. The third-order valence-corrected chi connectivity index (χ3v) is 5.03. The Bertz CT molecular complexity index is 761. The predicted octanol–water partition coefficient (Wildman–Crippen LogP) is 3.63. The van der Waals surface area contributed by atoms with Gasteiger partial charge in [-0.2, -0.15) is 5.26 Å². The second kappa shape index (κ2) is 8.11. The number of thiocarbonyl (C=S) groups is 1. The number of anilines is 1. The van der Waals surface area contributed by atoms with Crippen molar-refractivity contribution in [3.63, 3.8) is 0 Å². The summed E-state index contributed by atoms with van der Waals surface area (Å²) in [6, 6.07) is 20.6. The van der Waals surface area contributed by atoms with Gasteiger partial charge in [0.15, 0.2) is 5.11 Å². The Morgan fingerprint density at radius 2 is 1.80 bits per heavy atom. The molecule has 2 aromatic carbocycles. The maximum atomic E-state index is 8.99. The van der Waals surface area contributed by atoms with Crippen LogP contribution in [0, 0.1) is 11.3 Å². The maximum absolute atomic E-state index is 8.99. The van der Waals surface area contributed by atoms with Crippen molar-refractivity contribution < 1.29 is 0 Å². The Kier molecular flexibility index (Phi) is 5.64.